The smallest absolute Gasteiger partial charge is 0.316 e. The summed E-state index contributed by atoms with van der Waals surface area (Å²) in [6, 6.07) is 25.2. The molecule has 3 aromatic carbocycles. The number of ether oxygens (including phenoxy) is 1. The Morgan fingerprint density at radius 2 is 1.58 bits per heavy atom. The molecule has 0 radical (unpaired) electrons. The Bertz CT molecular complexity index is 1040. The van der Waals surface area contributed by atoms with Crippen LogP contribution in [0.15, 0.2) is 85.4 Å². The number of hydrogen-bond acceptors (Lipinski definition) is 2. The fourth-order valence-corrected chi connectivity index (χ4v) is 3.50. The number of nitrogens with one attached hydrogen (secondary N) is 2. The van der Waals surface area contributed by atoms with Crippen molar-refractivity contribution in [2.24, 2.45) is 0 Å². The molecule has 160 valence electrons. The molecule has 4 heteroatoms. The van der Waals surface area contributed by atoms with Gasteiger partial charge >= 0.3 is 6.03 Å². The summed E-state index contributed by atoms with van der Waals surface area (Å²) in [6.45, 7) is 9.99. The monoisotopic (exact) mass is 414 g/mol. The molecule has 0 heterocycles. The number of carbonyl (C=O) groups excluding carboxylic acids is 1. The fraction of sp³-hybridized carbons (Fsp3) is 0.222. The van der Waals surface area contributed by atoms with Gasteiger partial charge in [-0.05, 0) is 61.2 Å². The van der Waals surface area contributed by atoms with E-state index in [0.29, 0.717) is 0 Å². The summed E-state index contributed by atoms with van der Waals surface area (Å²) in [4.78, 5) is 13.1. The molecule has 0 saturated carbocycles. The maximum Gasteiger partial charge on any atom is 0.316 e. The second kappa shape index (κ2) is 9.52. The Morgan fingerprint density at radius 3 is 2.19 bits per heavy atom. The Morgan fingerprint density at radius 1 is 0.935 bits per heavy atom. The molecule has 2 N–H and O–H groups in total. The lowest BCUT2D eigenvalue weighted by molar-refractivity contribution is 0.227. The second-order valence-corrected chi connectivity index (χ2v) is 8.20. The van der Waals surface area contributed by atoms with E-state index in [0.717, 1.165) is 33.6 Å². The number of allylic oxidation sites excluding steroid dienone is 1. The van der Waals surface area contributed by atoms with Crippen molar-refractivity contribution in [1.29, 1.82) is 0 Å². The number of urea groups is 1. The Balaban J connectivity index is 1.83. The van der Waals surface area contributed by atoms with Gasteiger partial charge < -0.3 is 15.4 Å². The van der Waals surface area contributed by atoms with Crippen LogP contribution in [0.25, 0.3) is 5.57 Å². The quantitative estimate of drug-likeness (QED) is 0.494. The first-order chi connectivity index (χ1) is 14.8. The van der Waals surface area contributed by atoms with E-state index < -0.39 is 5.54 Å². The highest BCUT2D eigenvalue weighted by Crippen LogP contribution is 2.26. The first-order valence-corrected chi connectivity index (χ1v) is 10.3. The molecule has 0 saturated heterocycles. The van der Waals surface area contributed by atoms with Gasteiger partial charge in [-0.1, -0.05) is 72.8 Å². The maximum absolute atomic E-state index is 13.1. The Labute approximate surface area is 185 Å². The van der Waals surface area contributed by atoms with E-state index in [1.54, 1.807) is 7.11 Å². The third-order valence-corrected chi connectivity index (χ3v) is 5.36. The third-order valence-electron chi connectivity index (χ3n) is 5.36. The molecule has 0 aromatic heterocycles. The van der Waals surface area contributed by atoms with Crippen molar-refractivity contribution in [2.75, 3.05) is 7.11 Å². The average Bonchev–Trinajstić information content (AvgIpc) is 2.78. The lowest BCUT2D eigenvalue weighted by atomic mass is 9.91. The van der Waals surface area contributed by atoms with Gasteiger partial charge in [-0.2, -0.15) is 0 Å². The predicted molar refractivity (Wildman–Crippen MR) is 127 cm³/mol. The minimum Gasteiger partial charge on any atom is -0.497 e. The summed E-state index contributed by atoms with van der Waals surface area (Å²) in [7, 11) is 1.64. The van der Waals surface area contributed by atoms with Crippen LogP contribution >= 0.6 is 0 Å². The van der Waals surface area contributed by atoms with Gasteiger partial charge in [0.05, 0.1) is 18.7 Å². The predicted octanol–water partition coefficient (Wildman–Crippen LogP) is 6.05. The molecule has 4 nitrogen and oxygen atoms in total. The zero-order valence-corrected chi connectivity index (χ0v) is 18.6. The standard InChI is InChI=1S/C27H30N2O2/c1-19(2)22-12-9-13-23(18-22)27(3,4)29-26(30)28-25(20-10-7-6-8-11-20)21-14-16-24(31-5)17-15-21/h6-18,25H,1H2,2-5H3,(H2,28,29,30)/t25-/m0/s1. The molecule has 3 aromatic rings. The van der Waals surface area contributed by atoms with Gasteiger partial charge in [-0.3, -0.25) is 0 Å². The summed E-state index contributed by atoms with van der Waals surface area (Å²) in [6.07, 6.45) is 0. The minimum absolute atomic E-state index is 0.240. The first kappa shape index (κ1) is 22.2. The van der Waals surface area contributed by atoms with Gasteiger partial charge in [0.15, 0.2) is 0 Å². The highest BCUT2D eigenvalue weighted by Gasteiger charge is 2.25. The van der Waals surface area contributed by atoms with E-state index in [9.17, 15) is 4.79 Å². The maximum atomic E-state index is 13.1. The van der Waals surface area contributed by atoms with Crippen molar-refractivity contribution >= 4 is 11.6 Å². The number of methoxy groups -OCH3 is 1. The molecular formula is C27H30N2O2. The number of carbonyl (C=O) groups is 1. The van der Waals surface area contributed by atoms with Crippen LogP contribution in [-0.2, 0) is 5.54 Å². The molecule has 2 amide bonds. The average molecular weight is 415 g/mol. The normalized spacial score (nSPS) is 12.0. The number of benzene rings is 3. The van der Waals surface area contributed by atoms with Crippen LogP contribution in [-0.4, -0.2) is 13.1 Å². The second-order valence-electron chi connectivity index (χ2n) is 8.20. The third kappa shape index (κ3) is 5.54. The van der Waals surface area contributed by atoms with Gasteiger partial charge in [0.2, 0.25) is 0 Å². The van der Waals surface area contributed by atoms with E-state index in [1.165, 1.54) is 0 Å². The topological polar surface area (TPSA) is 50.4 Å². The lowest BCUT2D eigenvalue weighted by Gasteiger charge is -2.29. The van der Waals surface area contributed by atoms with Crippen molar-refractivity contribution in [3.8, 4) is 5.75 Å². The van der Waals surface area contributed by atoms with Gasteiger partial charge in [0, 0.05) is 0 Å². The lowest BCUT2D eigenvalue weighted by Crippen LogP contribution is -2.47. The van der Waals surface area contributed by atoms with Crippen molar-refractivity contribution in [3.63, 3.8) is 0 Å². The number of rotatable bonds is 7. The molecule has 0 bridgehead atoms. The molecule has 3 rings (SSSR count). The molecule has 0 aliphatic carbocycles. The van der Waals surface area contributed by atoms with Crippen molar-refractivity contribution < 1.29 is 9.53 Å². The van der Waals surface area contributed by atoms with Crippen molar-refractivity contribution in [2.45, 2.75) is 32.4 Å². The van der Waals surface area contributed by atoms with Crippen LogP contribution in [0.5, 0.6) is 5.75 Å². The van der Waals surface area contributed by atoms with E-state index in [-0.39, 0.29) is 12.1 Å². The summed E-state index contributed by atoms with van der Waals surface area (Å²) >= 11 is 0. The molecule has 0 unspecified atom stereocenters. The zero-order chi connectivity index (χ0) is 22.4. The van der Waals surface area contributed by atoms with Crippen LogP contribution in [0.4, 0.5) is 4.79 Å². The van der Waals surface area contributed by atoms with Crippen molar-refractivity contribution in [3.05, 3.63) is 108 Å². The largest absolute Gasteiger partial charge is 0.497 e. The molecule has 0 fully saturated rings. The van der Waals surface area contributed by atoms with E-state index in [4.69, 9.17) is 4.74 Å². The van der Waals surface area contributed by atoms with E-state index >= 15 is 0 Å². The summed E-state index contributed by atoms with van der Waals surface area (Å²) in [5.74, 6) is 0.776. The Kier molecular flexibility index (Phi) is 6.81. The molecule has 0 aliphatic rings. The molecule has 0 aliphatic heterocycles. The van der Waals surface area contributed by atoms with E-state index in [2.05, 4.69) is 23.3 Å². The highest BCUT2D eigenvalue weighted by molar-refractivity contribution is 5.76. The molecular weight excluding hydrogens is 384 g/mol. The van der Waals surface area contributed by atoms with Crippen LogP contribution < -0.4 is 15.4 Å². The van der Waals surface area contributed by atoms with Crippen molar-refractivity contribution in [1.82, 2.24) is 10.6 Å². The fourth-order valence-electron chi connectivity index (χ4n) is 3.50. The van der Waals surface area contributed by atoms with Gasteiger partial charge in [-0.25, -0.2) is 4.79 Å². The summed E-state index contributed by atoms with van der Waals surface area (Å²) < 4.78 is 5.27. The van der Waals surface area contributed by atoms with Crippen LogP contribution in [0.1, 0.15) is 49.1 Å². The SMILES string of the molecule is C=C(C)c1cccc(C(C)(C)NC(=O)N[C@@H](c2ccccc2)c2ccc(OC)cc2)c1. The van der Waals surface area contributed by atoms with E-state index in [1.807, 2.05) is 93.6 Å². The zero-order valence-electron chi connectivity index (χ0n) is 18.6. The highest BCUT2D eigenvalue weighted by atomic mass is 16.5. The number of amides is 2. The first-order valence-electron chi connectivity index (χ1n) is 10.3. The molecule has 1 atom stereocenters. The Hall–Kier alpha value is -3.53. The molecule has 31 heavy (non-hydrogen) atoms. The summed E-state index contributed by atoms with van der Waals surface area (Å²) in [5, 5.41) is 6.27. The van der Waals surface area contributed by atoms with Crippen LogP contribution in [0.2, 0.25) is 0 Å². The summed E-state index contributed by atoms with van der Waals surface area (Å²) in [5.41, 5.74) is 4.49. The number of hydrogen-bond donors (Lipinski definition) is 2. The minimum atomic E-state index is -0.559. The van der Waals surface area contributed by atoms with Gasteiger partial charge in [-0.15, -0.1) is 0 Å². The van der Waals surface area contributed by atoms with Crippen LogP contribution in [0, 0.1) is 0 Å². The molecule has 0 spiro atoms. The van der Waals surface area contributed by atoms with Crippen LogP contribution in [0.3, 0.4) is 0 Å². The van der Waals surface area contributed by atoms with Gasteiger partial charge in [0.25, 0.3) is 0 Å². The van der Waals surface area contributed by atoms with Gasteiger partial charge in [0.1, 0.15) is 5.75 Å².